The fraction of sp³-hybridized carbons (Fsp3) is 0. The van der Waals surface area contributed by atoms with Crippen molar-refractivity contribution in [2.24, 2.45) is 0 Å². The second kappa shape index (κ2) is 10.7. The average molecular weight is 400 g/mol. The zero-order chi connectivity index (χ0) is 3.58. The van der Waals surface area contributed by atoms with Crippen molar-refractivity contribution in [2.45, 2.75) is 0 Å². The third-order valence-electron chi connectivity index (χ3n) is 0. The molecule has 0 radical (unpaired) electrons. The molecule has 0 rings (SSSR count). The molecule has 0 atom stereocenters. The van der Waals surface area contributed by atoms with Gasteiger partial charge < -0.3 is 0 Å². The molecule has 0 aliphatic carbocycles. The van der Waals surface area contributed by atoms with Crippen LogP contribution in [0, 0.1) is 0 Å². The normalized spacial score (nSPS) is 4.33. The van der Waals surface area contributed by atoms with E-state index in [0.717, 1.165) is 0 Å². The molecule has 0 saturated carbocycles. The molecule has 0 spiro atoms. The first-order chi connectivity index (χ1) is 1.73. The van der Waals surface area contributed by atoms with Crippen LogP contribution in [0.3, 0.4) is 0 Å². The SMILES string of the molecule is [BiH3].[O]=[Ti]([OH])[OH].[SrH2]. The molecular formula is H7BiO3SrTi. The Balaban J connectivity index is -0.0000000450. The van der Waals surface area contributed by atoms with Crippen molar-refractivity contribution in [1.29, 1.82) is 0 Å². The van der Waals surface area contributed by atoms with E-state index in [1.165, 1.54) is 0 Å². The summed E-state index contributed by atoms with van der Waals surface area (Å²) < 4.78 is 23.2. The second-order valence-electron chi connectivity index (χ2n) is 0.283. The molecule has 3 nitrogen and oxygen atoms in total. The Kier molecular flexibility index (Phi) is 28.4. The van der Waals surface area contributed by atoms with E-state index in [0.29, 0.717) is 0 Å². The van der Waals surface area contributed by atoms with Gasteiger partial charge in [0.15, 0.2) is 0 Å². The molecule has 0 aliphatic rings. The predicted molar refractivity (Wildman–Crippen MR) is 23.6 cm³/mol. The van der Waals surface area contributed by atoms with Gasteiger partial charge in [0.05, 0.1) is 0 Å². The summed E-state index contributed by atoms with van der Waals surface area (Å²) in [5, 5.41) is 0. The summed E-state index contributed by atoms with van der Waals surface area (Å²) in [6, 6.07) is 0. The van der Waals surface area contributed by atoms with Gasteiger partial charge in [0, 0.05) is 0 Å². The maximum atomic E-state index is 8.81. The molecule has 0 aliphatic heterocycles. The first-order valence-electron chi connectivity index (χ1n) is 0.651. The number of hydrogen-bond acceptors (Lipinski definition) is 1. The van der Waals surface area contributed by atoms with Gasteiger partial charge in [0.1, 0.15) is 0 Å². The Morgan fingerprint density at radius 2 is 1.33 bits per heavy atom. The maximum absolute atomic E-state index is 8.81. The molecule has 0 fully saturated rings. The zero-order valence-electron chi connectivity index (χ0n) is 2.51. The Bertz CT molecular complexity index is 33.8. The topological polar surface area (TPSA) is 57.5 Å². The number of hydrogen-bond donors (Lipinski definition) is 2. The monoisotopic (exact) mass is 400 g/mol. The van der Waals surface area contributed by atoms with E-state index in [1.807, 2.05) is 0 Å². The van der Waals surface area contributed by atoms with Crippen LogP contribution in [0.2, 0.25) is 0 Å². The molecule has 6 heavy (non-hydrogen) atoms. The van der Waals surface area contributed by atoms with E-state index in [2.05, 4.69) is 0 Å². The van der Waals surface area contributed by atoms with Crippen molar-refractivity contribution < 1.29 is 29.3 Å². The van der Waals surface area contributed by atoms with E-state index < -0.39 is 18.6 Å². The molecule has 0 heterocycles. The standard InChI is InChI=1S/Bi.2H2O.O.Sr.Ti.5H/h;2*1H2;;;;;;;;/q;;;;;+2;;;;;/p-2. The first kappa shape index (κ1) is 15.9. The van der Waals surface area contributed by atoms with Gasteiger partial charge in [-0.15, -0.1) is 0 Å². The fourth-order valence-corrected chi connectivity index (χ4v) is 0. The molecular weight excluding hydrogens is 392 g/mol. The average Bonchev–Trinajstić information content (AvgIpc) is 0.811. The third kappa shape index (κ3) is 29.2. The van der Waals surface area contributed by atoms with Crippen LogP contribution in [-0.2, 0) is 21.9 Å². The predicted octanol–water partition coefficient (Wildman–Crippen LogP) is -3.34. The van der Waals surface area contributed by atoms with Gasteiger partial charge in [-0.25, -0.2) is 0 Å². The molecule has 0 aromatic heterocycles. The summed E-state index contributed by atoms with van der Waals surface area (Å²) in [5.74, 6) is 0. The van der Waals surface area contributed by atoms with Gasteiger partial charge in [0.2, 0.25) is 0 Å². The van der Waals surface area contributed by atoms with Crippen LogP contribution < -0.4 is 0 Å². The van der Waals surface area contributed by atoms with Crippen molar-refractivity contribution in [1.82, 2.24) is 0 Å². The van der Waals surface area contributed by atoms with E-state index in [1.54, 1.807) is 0 Å². The Morgan fingerprint density at radius 1 is 1.33 bits per heavy atom. The minimum atomic E-state index is -3.58. The molecule has 0 aromatic rings. The molecule has 0 amide bonds. The fourth-order valence-electron chi connectivity index (χ4n) is 0. The summed E-state index contributed by atoms with van der Waals surface area (Å²) in [5.41, 5.74) is 0. The van der Waals surface area contributed by atoms with Crippen LogP contribution in [0.25, 0.3) is 0 Å². The summed E-state index contributed by atoms with van der Waals surface area (Å²) in [6.07, 6.45) is 0. The van der Waals surface area contributed by atoms with Gasteiger partial charge in [-0.05, 0) is 0 Å². The first-order valence-corrected chi connectivity index (χ1v) is 2.69. The van der Waals surface area contributed by atoms with Crippen molar-refractivity contribution in [3.8, 4) is 0 Å². The minimum absolute atomic E-state index is 0. The summed E-state index contributed by atoms with van der Waals surface area (Å²) >= 11 is -3.58. The van der Waals surface area contributed by atoms with Crippen molar-refractivity contribution in [2.75, 3.05) is 0 Å². The van der Waals surface area contributed by atoms with Gasteiger partial charge in [0.25, 0.3) is 0 Å². The Labute approximate surface area is 98.6 Å². The molecule has 0 saturated heterocycles. The van der Waals surface area contributed by atoms with Crippen LogP contribution >= 0.6 is 0 Å². The molecule has 36 valence electrons. The Morgan fingerprint density at radius 3 is 1.33 bits per heavy atom. The van der Waals surface area contributed by atoms with Gasteiger partial charge in [-0.2, -0.15) is 0 Å². The van der Waals surface area contributed by atoms with Gasteiger partial charge >= 0.3 is 101 Å². The molecule has 0 aromatic carbocycles. The van der Waals surface area contributed by atoms with E-state index in [9.17, 15) is 0 Å². The van der Waals surface area contributed by atoms with Crippen molar-refractivity contribution in [3.05, 3.63) is 0 Å². The quantitative estimate of drug-likeness (QED) is 0.419. The Hall–Kier alpha value is 2.80. The summed E-state index contributed by atoms with van der Waals surface area (Å²) in [4.78, 5) is 0. The van der Waals surface area contributed by atoms with Crippen LogP contribution in [0.1, 0.15) is 0 Å². The van der Waals surface area contributed by atoms with Crippen molar-refractivity contribution in [3.63, 3.8) is 0 Å². The van der Waals surface area contributed by atoms with Crippen LogP contribution in [0.4, 0.5) is 0 Å². The van der Waals surface area contributed by atoms with Crippen LogP contribution in [0.5, 0.6) is 0 Å². The zero-order valence-corrected chi connectivity index (χ0v) is 9.57. The van der Waals surface area contributed by atoms with E-state index >= 15 is 0 Å². The van der Waals surface area contributed by atoms with Gasteiger partial charge in [-0.1, -0.05) is 0 Å². The van der Waals surface area contributed by atoms with E-state index in [4.69, 9.17) is 10.7 Å². The summed E-state index contributed by atoms with van der Waals surface area (Å²) in [7, 11) is 0. The number of rotatable bonds is 0. The molecule has 0 bridgehead atoms. The molecule has 6 heteroatoms. The van der Waals surface area contributed by atoms with Crippen LogP contribution in [0.15, 0.2) is 0 Å². The summed E-state index contributed by atoms with van der Waals surface area (Å²) in [6.45, 7) is 0. The van der Waals surface area contributed by atoms with Crippen LogP contribution in [-0.4, -0.2) is 79.1 Å². The van der Waals surface area contributed by atoms with Gasteiger partial charge in [-0.3, -0.25) is 0 Å². The molecule has 2 N–H and O–H groups in total. The van der Waals surface area contributed by atoms with Crippen molar-refractivity contribution >= 4 is 71.7 Å². The second-order valence-corrected chi connectivity index (χ2v) is 1.17. The van der Waals surface area contributed by atoms with E-state index in [-0.39, 0.29) is 71.7 Å². The third-order valence-corrected chi connectivity index (χ3v) is 0. The molecule has 0 unspecified atom stereocenters.